The average molecular weight is 515 g/mol. The number of amides is 2. The second kappa shape index (κ2) is 10.1. The molecule has 0 bridgehead atoms. The molecule has 2 saturated carbocycles. The maximum absolute atomic E-state index is 13.7. The summed E-state index contributed by atoms with van der Waals surface area (Å²) in [7, 11) is 0.308. The molecule has 0 unspecified atom stereocenters. The summed E-state index contributed by atoms with van der Waals surface area (Å²) < 4.78 is 21.4. The maximum Gasteiger partial charge on any atom is 0.408 e. The molecule has 11 heteroatoms. The molecule has 10 nitrogen and oxygen atoms in total. The Morgan fingerprint density at radius 2 is 1.63 bits per heavy atom. The van der Waals surface area contributed by atoms with Gasteiger partial charge in [-0.2, -0.15) is 0 Å². The fourth-order valence-electron chi connectivity index (χ4n) is 4.48. The van der Waals surface area contributed by atoms with Gasteiger partial charge in [0.1, 0.15) is 17.2 Å². The molecule has 0 heterocycles. The molecule has 0 spiro atoms. The second-order valence-electron chi connectivity index (χ2n) is 12.0. The predicted molar refractivity (Wildman–Crippen MR) is 131 cm³/mol. The van der Waals surface area contributed by atoms with Crippen LogP contribution in [-0.4, -0.2) is 70.3 Å². The smallest absolute Gasteiger partial charge is 0.408 e. The number of alkyl carbamates (subject to hydrolysis) is 1. The molecule has 2 rings (SSSR count). The van der Waals surface area contributed by atoms with Gasteiger partial charge in [0.2, 0.25) is 5.91 Å². The fraction of sp³-hybridized carbons (Fsp3) is 0.833. The lowest BCUT2D eigenvalue weighted by Gasteiger charge is -2.38. The van der Waals surface area contributed by atoms with Crippen LogP contribution in [0.25, 0.3) is 0 Å². The van der Waals surface area contributed by atoms with Crippen molar-refractivity contribution < 1.29 is 37.8 Å². The van der Waals surface area contributed by atoms with E-state index in [-0.39, 0.29) is 17.6 Å². The Hall–Kier alpha value is -2.14. The number of carbonyl (C=O) groups excluding carboxylic acids is 4. The van der Waals surface area contributed by atoms with Crippen molar-refractivity contribution in [3.8, 4) is 0 Å². The lowest BCUT2D eigenvalue weighted by molar-refractivity contribution is -0.148. The van der Waals surface area contributed by atoms with Gasteiger partial charge < -0.3 is 29.3 Å². The Kier molecular flexibility index (Phi) is 8.38. The Labute approximate surface area is 209 Å². The Balaban J connectivity index is 2.30. The number of hydrogen-bond donors (Lipinski definition) is 2. The van der Waals surface area contributed by atoms with Crippen LogP contribution in [0, 0.1) is 17.8 Å². The summed E-state index contributed by atoms with van der Waals surface area (Å²) in [4.78, 5) is 51.3. The van der Waals surface area contributed by atoms with Crippen LogP contribution in [0.2, 0.25) is 18.1 Å². The van der Waals surface area contributed by atoms with E-state index >= 15 is 0 Å². The fourth-order valence-corrected chi connectivity index (χ4v) is 5.50. The molecule has 0 saturated heterocycles. The van der Waals surface area contributed by atoms with E-state index in [1.54, 1.807) is 20.8 Å². The van der Waals surface area contributed by atoms with Crippen LogP contribution in [0.5, 0.6) is 0 Å². The van der Waals surface area contributed by atoms with E-state index in [1.165, 1.54) is 14.2 Å². The van der Waals surface area contributed by atoms with Gasteiger partial charge >= 0.3 is 18.0 Å². The average Bonchev–Trinajstić information content (AvgIpc) is 3.34. The molecule has 0 aromatic heterocycles. The first-order chi connectivity index (χ1) is 15.9. The molecular formula is C24H42N2O8Si. The van der Waals surface area contributed by atoms with Crippen molar-refractivity contribution in [2.45, 2.75) is 89.7 Å². The highest BCUT2D eigenvalue weighted by atomic mass is 28.4. The van der Waals surface area contributed by atoms with E-state index in [0.29, 0.717) is 12.8 Å². The summed E-state index contributed by atoms with van der Waals surface area (Å²) in [6, 6.07) is -1.08. The molecule has 2 aliphatic carbocycles. The normalized spacial score (nSPS) is 26.7. The van der Waals surface area contributed by atoms with E-state index in [0.717, 1.165) is 0 Å². The molecule has 2 amide bonds. The topological polar surface area (TPSA) is 129 Å². The standard InChI is InChI=1S/C24H42N2O8Si/c1-22(2,3)34-21(30)26-24(12-11-14-16(17(14)24)19(28)32-8)20(29)25-15(18(27)31-7)13-33-35(9,10)23(4,5)6/h14-17H,11-13H2,1-10H3,(H,25,29)(H,26,30)/t14-,15-,16-,17-,24-/m0/s1. The van der Waals surface area contributed by atoms with Crippen LogP contribution < -0.4 is 10.6 Å². The molecular weight excluding hydrogens is 472 g/mol. The highest BCUT2D eigenvalue weighted by Gasteiger charge is 2.72. The van der Waals surface area contributed by atoms with Gasteiger partial charge in [0, 0.05) is 5.92 Å². The zero-order valence-electron chi connectivity index (χ0n) is 22.7. The van der Waals surface area contributed by atoms with Crippen molar-refractivity contribution in [3.63, 3.8) is 0 Å². The van der Waals surface area contributed by atoms with Gasteiger partial charge in [-0.25, -0.2) is 9.59 Å². The van der Waals surface area contributed by atoms with E-state index in [2.05, 4.69) is 31.4 Å². The summed E-state index contributed by atoms with van der Waals surface area (Å²) >= 11 is 0. The van der Waals surface area contributed by atoms with Crippen LogP contribution in [-0.2, 0) is 33.0 Å². The maximum atomic E-state index is 13.7. The summed E-state index contributed by atoms with van der Waals surface area (Å²) in [6.45, 7) is 15.4. The van der Waals surface area contributed by atoms with E-state index < -0.39 is 61.3 Å². The van der Waals surface area contributed by atoms with Crippen LogP contribution in [0.1, 0.15) is 54.4 Å². The monoisotopic (exact) mass is 514 g/mol. The minimum atomic E-state index is -2.23. The van der Waals surface area contributed by atoms with Gasteiger partial charge in [0.15, 0.2) is 8.32 Å². The molecule has 2 fully saturated rings. The molecule has 200 valence electrons. The minimum Gasteiger partial charge on any atom is -0.469 e. The quantitative estimate of drug-likeness (QED) is 0.287. The van der Waals surface area contributed by atoms with Crippen LogP contribution in [0.3, 0.4) is 0 Å². The molecule has 0 aromatic carbocycles. The number of fused-ring (bicyclic) bond motifs is 1. The molecule has 0 aromatic rings. The van der Waals surface area contributed by atoms with Crippen LogP contribution in [0.15, 0.2) is 0 Å². The number of ether oxygens (including phenoxy) is 3. The van der Waals surface area contributed by atoms with Gasteiger partial charge in [-0.15, -0.1) is 0 Å². The van der Waals surface area contributed by atoms with Crippen molar-refractivity contribution in [2.24, 2.45) is 17.8 Å². The van der Waals surface area contributed by atoms with Crippen molar-refractivity contribution in [1.29, 1.82) is 0 Å². The molecule has 0 radical (unpaired) electrons. The Bertz CT molecular complexity index is 847. The Morgan fingerprint density at radius 3 is 2.11 bits per heavy atom. The number of nitrogens with one attached hydrogen (secondary N) is 2. The zero-order chi connectivity index (χ0) is 27.0. The third-order valence-corrected chi connectivity index (χ3v) is 11.9. The van der Waals surface area contributed by atoms with Gasteiger partial charge in [-0.3, -0.25) is 9.59 Å². The predicted octanol–water partition coefficient (Wildman–Crippen LogP) is 2.76. The first-order valence-corrected chi connectivity index (χ1v) is 14.9. The highest BCUT2D eigenvalue weighted by molar-refractivity contribution is 6.74. The zero-order valence-corrected chi connectivity index (χ0v) is 23.7. The van der Waals surface area contributed by atoms with Crippen molar-refractivity contribution >= 4 is 32.3 Å². The van der Waals surface area contributed by atoms with Crippen LogP contribution in [0.4, 0.5) is 4.79 Å². The van der Waals surface area contributed by atoms with Gasteiger partial charge in [0.25, 0.3) is 0 Å². The number of rotatable bonds is 8. The first-order valence-electron chi connectivity index (χ1n) is 12.0. The summed E-state index contributed by atoms with van der Waals surface area (Å²) in [5, 5.41) is 5.38. The summed E-state index contributed by atoms with van der Waals surface area (Å²) in [5.74, 6) is -2.70. The van der Waals surface area contributed by atoms with E-state index in [1.807, 2.05) is 13.1 Å². The largest absolute Gasteiger partial charge is 0.469 e. The molecule has 35 heavy (non-hydrogen) atoms. The van der Waals surface area contributed by atoms with Gasteiger partial charge in [-0.1, -0.05) is 20.8 Å². The van der Waals surface area contributed by atoms with Crippen molar-refractivity contribution in [3.05, 3.63) is 0 Å². The molecule has 2 N–H and O–H groups in total. The van der Waals surface area contributed by atoms with E-state index in [4.69, 9.17) is 18.6 Å². The summed E-state index contributed by atoms with van der Waals surface area (Å²) in [5.41, 5.74) is -2.20. The van der Waals surface area contributed by atoms with Gasteiger partial charge in [-0.05, 0) is 57.7 Å². The number of esters is 2. The number of hydrogen-bond acceptors (Lipinski definition) is 8. The highest BCUT2D eigenvalue weighted by Crippen LogP contribution is 2.62. The molecule has 0 aliphatic heterocycles. The lowest BCUT2D eigenvalue weighted by Crippen LogP contribution is -2.63. The first kappa shape index (κ1) is 29.1. The minimum absolute atomic E-state index is 0.0635. The van der Waals surface area contributed by atoms with Crippen molar-refractivity contribution in [2.75, 3.05) is 20.8 Å². The third kappa shape index (κ3) is 6.35. The molecule has 5 atom stereocenters. The second-order valence-corrected chi connectivity index (χ2v) is 16.8. The van der Waals surface area contributed by atoms with Gasteiger partial charge in [0.05, 0.1) is 26.7 Å². The number of carbonyl (C=O) groups is 4. The lowest BCUT2D eigenvalue weighted by atomic mass is 9.88. The Morgan fingerprint density at radius 1 is 1.03 bits per heavy atom. The van der Waals surface area contributed by atoms with Crippen LogP contribution >= 0.6 is 0 Å². The summed E-state index contributed by atoms with van der Waals surface area (Å²) in [6.07, 6.45) is 0.0884. The molecule has 2 aliphatic rings. The SMILES string of the molecule is COC(=O)[C@H]1[C@@H]2CC[C@@](NC(=O)OC(C)(C)C)(C(=O)N[C@@H](CO[Si](C)(C)C(C)(C)C)C(=O)OC)[C@@H]21. The third-order valence-electron chi connectivity index (χ3n) is 7.42. The van der Waals surface area contributed by atoms with E-state index in [9.17, 15) is 19.2 Å². The number of methoxy groups -OCH3 is 2. The van der Waals surface area contributed by atoms with Crippen molar-refractivity contribution in [1.82, 2.24) is 10.6 Å².